The van der Waals surface area contributed by atoms with Gasteiger partial charge in [0.05, 0.1) is 16.4 Å². The minimum absolute atomic E-state index is 0.808. The minimum Gasteiger partial charge on any atom is -0.303 e. The molecule has 0 fully saturated rings. The largest absolute Gasteiger partial charge is 0.303 e. The van der Waals surface area contributed by atoms with E-state index in [1.807, 2.05) is 27.9 Å². The summed E-state index contributed by atoms with van der Waals surface area (Å²) in [6.07, 6.45) is 1.14. The van der Waals surface area contributed by atoms with Crippen LogP contribution in [-0.2, 0) is 19.6 Å². The van der Waals surface area contributed by atoms with Gasteiger partial charge in [0.15, 0.2) is 0 Å². The van der Waals surface area contributed by atoms with Gasteiger partial charge in [-0.25, -0.2) is 0 Å². The predicted molar refractivity (Wildman–Crippen MR) is 76.9 cm³/mol. The normalized spacial score (nSPS) is 15.9. The Morgan fingerprint density at radius 2 is 1.94 bits per heavy atom. The highest BCUT2D eigenvalue weighted by molar-refractivity contribution is 6.31. The van der Waals surface area contributed by atoms with Crippen LogP contribution >= 0.6 is 11.6 Å². The highest BCUT2D eigenvalue weighted by atomic mass is 35.5. The average Bonchev–Trinajstić information content (AvgIpc) is 2.52. The molecular weight excluding hydrogens is 248 g/mol. The fraction of sp³-hybridized carbons (Fsp3) is 0.769. The highest BCUT2D eigenvalue weighted by Crippen LogP contribution is 2.24. The Balaban J connectivity index is 0.000000771. The third kappa shape index (κ3) is 3.70. The summed E-state index contributed by atoms with van der Waals surface area (Å²) in [6.45, 7) is 7.80. The maximum absolute atomic E-state index is 6.39. The first-order valence-electron chi connectivity index (χ1n) is 6.65. The summed E-state index contributed by atoms with van der Waals surface area (Å²) in [5.41, 5.74) is 2.16. The molecule has 1 aromatic heterocycles. The lowest BCUT2D eigenvalue weighted by Crippen LogP contribution is -2.17. The van der Waals surface area contributed by atoms with Crippen molar-refractivity contribution in [2.45, 2.75) is 39.9 Å². The smallest absolute Gasteiger partial charge is 0.0954 e. The van der Waals surface area contributed by atoms with E-state index in [4.69, 9.17) is 11.6 Å². The number of aromatic nitrogens is 2. The molecule has 0 aliphatic carbocycles. The second-order valence-electron chi connectivity index (χ2n) is 4.76. The number of hydrogen-bond acceptors (Lipinski definition) is 3. The van der Waals surface area contributed by atoms with Gasteiger partial charge < -0.3 is 9.80 Å². The second kappa shape index (κ2) is 7.12. The minimum atomic E-state index is 0.808. The Bertz CT molecular complexity index is 373. The molecule has 0 amide bonds. The Morgan fingerprint density at radius 1 is 1.28 bits per heavy atom. The van der Waals surface area contributed by atoms with E-state index in [0.717, 1.165) is 43.3 Å². The monoisotopic (exact) mass is 272 g/mol. The molecule has 0 radical (unpaired) electrons. The van der Waals surface area contributed by atoms with Gasteiger partial charge in [-0.15, -0.1) is 0 Å². The third-order valence-electron chi connectivity index (χ3n) is 2.86. The molecule has 2 rings (SSSR count). The first-order chi connectivity index (χ1) is 8.58. The van der Waals surface area contributed by atoms with Crippen LogP contribution in [0.1, 0.15) is 31.7 Å². The standard InChI is InChI=1S/C11H19ClN4.C2H6/c1-14(2)7-9-11(12)10-8-15(3)5-4-6-16(10)13-9;1-2/h4-8H2,1-3H3;1-2H3. The van der Waals surface area contributed by atoms with E-state index in [1.54, 1.807) is 0 Å². The van der Waals surface area contributed by atoms with Gasteiger partial charge in [-0.05, 0) is 27.6 Å². The Hall–Kier alpha value is -0.580. The van der Waals surface area contributed by atoms with Crippen LogP contribution in [0, 0.1) is 0 Å². The van der Waals surface area contributed by atoms with Crippen molar-refractivity contribution >= 4 is 11.6 Å². The van der Waals surface area contributed by atoms with Crippen molar-refractivity contribution in [2.75, 3.05) is 27.7 Å². The summed E-state index contributed by atoms with van der Waals surface area (Å²) in [6, 6.07) is 0. The average molecular weight is 273 g/mol. The van der Waals surface area contributed by atoms with Crippen LogP contribution in [0.4, 0.5) is 0 Å². The number of fused-ring (bicyclic) bond motifs is 1. The molecule has 0 bridgehead atoms. The zero-order valence-corrected chi connectivity index (χ0v) is 13.0. The predicted octanol–water partition coefficient (Wildman–Crippen LogP) is 2.46. The van der Waals surface area contributed by atoms with Crippen molar-refractivity contribution in [1.82, 2.24) is 19.6 Å². The zero-order valence-electron chi connectivity index (χ0n) is 12.2. The van der Waals surface area contributed by atoms with E-state index in [0.29, 0.717) is 0 Å². The zero-order chi connectivity index (χ0) is 13.7. The summed E-state index contributed by atoms with van der Waals surface area (Å²) in [5.74, 6) is 0. The van der Waals surface area contributed by atoms with Gasteiger partial charge in [-0.2, -0.15) is 5.10 Å². The van der Waals surface area contributed by atoms with E-state index in [1.165, 1.54) is 5.69 Å². The van der Waals surface area contributed by atoms with E-state index in [-0.39, 0.29) is 0 Å². The number of nitrogens with zero attached hydrogens (tertiary/aromatic N) is 4. The van der Waals surface area contributed by atoms with Crippen LogP contribution in [0.3, 0.4) is 0 Å². The van der Waals surface area contributed by atoms with Crippen molar-refractivity contribution in [3.05, 3.63) is 16.4 Å². The molecule has 1 aliphatic heterocycles. The summed E-state index contributed by atoms with van der Waals surface area (Å²) in [7, 11) is 6.20. The van der Waals surface area contributed by atoms with Crippen LogP contribution in [0.15, 0.2) is 0 Å². The Kier molecular flexibility index (Phi) is 6.12. The third-order valence-corrected chi connectivity index (χ3v) is 3.29. The topological polar surface area (TPSA) is 24.3 Å². The molecule has 4 nitrogen and oxygen atoms in total. The lowest BCUT2D eigenvalue weighted by Gasteiger charge is -2.12. The molecule has 5 heteroatoms. The van der Waals surface area contributed by atoms with E-state index >= 15 is 0 Å². The lowest BCUT2D eigenvalue weighted by molar-refractivity contribution is 0.332. The Morgan fingerprint density at radius 3 is 2.56 bits per heavy atom. The fourth-order valence-corrected chi connectivity index (χ4v) is 2.35. The van der Waals surface area contributed by atoms with Gasteiger partial charge in [0.25, 0.3) is 0 Å². The van der Waals surface area contributed by atoms with Crippen molar-refractivity contribution in [3.8, 4) is 0 Å². The SMILES string of the molecule is CC.CN(C)Cc1nn2c(c1Cl)CN(C)CCC2. The van der Waals surface area contributed by atoms with Crippen LogP contribution in [0.25, 0.3) is 0 Å². The second-order valence-corrected chi connectivity index (χ2v) is 5.14. The molecule has 0 atom stereocenters. The van der Waals surface area contributed by atoms with Gasteiger partial charge in [0, 0.05) is 26.2 Å². The maximum atomic E-state index is 6.39. The van der Waals surface area contributed by atoms with Crippen molar-refractivity contribution in [2.24, 2.45) is 0 Å². The van der Waals surface area contributed by atoms with Gasteiger partial charge in [-0.3, -0.25) is 4.68 Å². The van der Waals surface area contributed by atoms with Crippen LogP contribution in [0.5, 0.6) is 0 Å². The molecule has 0 N–H and O–H groups in total. The first-order valence-corrected chi connectivity index (χ1v) is 7.03. The molecule has 0 unspecified atom stereocenters. The van der Waals surface area contributed by atoms with Gasteiger partial charge >= 0.3 is 0 Å². The fourth-order valence-electron chi connectivity index (χ4n) is 2.09. The van der Waals surface area contributed by atoms with Crippen LogP contribution in [0.2, 0.25) is 5.02 Å². The first kappa shape index (κ1) is 15.5. The highest BCUT2D eigenvalue weighted by Gasteiger charge is 2.19. The Labute approximate surface area is 116 Å². The van der Waals surface area contributed by atoms with E-state index in [2.05, 4.69) is 26.6 Å². The molecule has 0 aromatic carbocycles. The molecule has 0 saturated heterocycles. The van der Waals surface area contributed by atoms with Crippen LogP contribution in [-0.4, -0.2) is 47.3 Å². The molecule has 1 aromatic rings. The van der Waals surface area contributed by atoms with Crippen molar-refractivity contribution in [3.63, 3.8) is 0 Å². The number of hydrogen-bond donors (Lipinski definition) is 0. The summed E-state index contributed by atoms with van der Waals surface area (Å²) in [4.78, 5) is 4.39. The molecule has 0 spiro atoms. The summed E-state index contributed by atoms with van der Waals surface area (Å²) < 4.78 is 2.07. The molecule has 104 valence electrons. The van der Waals surface area contributed by atoms with Gasteiger partial charge in [0.2, 0.25) is 0 Å². The molecule has 1 aliphatic rings. The van der Waals surface area contributed by atoms with Crippen molar-refractivity contribution < 1.29 is 0 Å². The number of halogens is 1. The number of aryl methyl sites for hydroxylation is 1. The number of rotatable bonds is 2. The summed E-state index contributed by atoms with van der Waals surface area (Å²) in [5, 5.41) is 5.45. The molecule has 0 saturated carbocycles. The van der Waals surface area contributed by atoms with E-state index in [9.17, 15) is 0 Å². The van der Waals surface area contributed by atoms with Gasteiger partial charge in [0.1, 0.15) is 0 Å². The quantitative estimate of drug-likeness (QED) is 0.827. The van der Waals surface area contributed by atoms with E-state index < -0.39 is 0 Å². The van der Waals surface area contributed by atoms with Crippen LogP contribution < -0.4 is 0 Å². The van der Waals surface area contributed by atoms with Crippen molar-refractivity contribution in [1.29, 1.82) is 0 Å². The summed E-state index contributed by atoms with van der Waals surface area (Å²) >= 11 is 6.39. The lowest BCUT2D eigenvalue weighted by atomic mass is 10.3. The molecule has 2 heterocycles. The molecule has 18 heavy (non-hydrogen) atoms. The maximum Gasteiger partial charge on any atom is 0.0954 e. The van der Waals surface area contributed by atoms with Gasteiger partial charge in [-0.1, -0.05) is 25.4 Å². The molecular formula is C13H25ClN4.